The molecule has 1 amide bonds. The van der Waals surface area contributed by atoms with Gasteiger partial charge in [0.15, 0.2) is 11.5 Å². The third-order valence-electron chi connectivity index (χ3n) is 4.05. The van der Waals surface area contributed by atoms with Crippen molar-refractivity contribution in [2.24, 2.45) is 5.41 Å². The van der Waals surface area contributed by atoms with E-state index in [1.807, 2.05) is 17.5 Å². The van der Waals surface area contributed by atoms with E-state index in [9.17, 15) is 14.7 Å². The lowest BCUT2D eigenvalue weighted by Gasteiger charge is -2.27. The summed E-state index contributed by atoms with van der Waals surface area (Å²) in [6.07, 6.45) is 0. The van der Waals surface area contributed by atoms with Gasteiger partial charge >= 0.3 is 0 Å². The van der Waals surface area contributed by atoms with Gasteiger partial charge in [0.05, 0.1) is 5.57 Å². The van der Waals surface area contributed by atoms with Gasteiger partial charge in [-0.1, -0.05) is 38.4 Å². The highest BCUT2D eigenvalue weighted by atomic mass is 35.5. The number of thiophene rings is 1. The zero-order chi connectivity index (χ0) is 18.4. The summed E-state index contributed by atoms with van der Waals surface area (Å²) in [5.41, 5.74) is 0.0146. The minimum absolute atomic E-state index is 0.148. The number of carbonyl (C=O) groups is 2. The number of aliphatic hydroxyl groups is 1. The Labute approximate surface area is 155 Å². The molecule has 0 fully saturated rings. The fraction of sp³-hybridized carbons (Fsp3) is 0.263. The molecule has 0 bridgehead atoms. The van der Waals surface area contributed by atoms with Gasteiger partial charge in [0.25, 0.3) is 5.91 Å². The van der Waals surface area contributed by atoms with Gasteiger partial charge in [-0.2, -0.15) is 0 Å². The Balaban J connectivity index is 2.16. The fourth-order valence-electron chi connectivity index (χ4n) is 2.83. The van der Waals surface area contributed by atoms with Crippen LogP contribution in [0.2, 0.25) is 5.02 Å². The van der Waals surface area contributed by atoms with Gasteiger partial charge in [0.2, 0.25) is 0 Å². The van der Waals surface area contributed by atoms with Gasteiger partial charge in [-0.25, -0.2) is 0 Å². The third-order valence-corrected chi connectivity index (χ3v) is 5.23. The number of Topliss-reactive ketones (excluding diaryl/α,β-unsaturated/α-hetero) is 1. The molecule has 0 radical (unpaired) electrons. The Morgan fingerprint density at radius 3 is 2.36 bits per heavy atom. The van der Waals surface area contributed by atoms with Crippen LogP contribution in [-0.4, -0.2) is 16.8 Å². The molecule has 1 aromatic heterocycles. The summed E-state index contributed by atoms with van der Waals surface area (Å²) in [4.78, 5) is 28.0. The van der Waals surface area contributed by atoms with Crippen molar-refractivity contribution in [3.63, 3.8) is 0 Å². The van der Waals surface area contributed by atoms with Gasteiger partial charge in [0, 0.05) is 21.0 Å². The molecule has 1 aromatic carbocycles. The van der Waals surface area contributed by atoms with Gasteiger partial charge in [-0.05, 0) is 35.7 Å². The fourth-order valence-corrected chi connectivity index (χ4v) is 3.77. The number of hydrogen-bond donors (Lipinski definition) is 1. The zero-order valence-electron chi connectivity index (χ0n) is 14.1. The SMILES string of the molecule is CC(C)(C)C(=O)C1=C(O)C(=O)N(c2ccc(Cl)cc2)C1c1cccs1. The second kappa shape index (κ2) is 6.32. The molecule has 1 unspecified atom stereocenters. The molecule has 0 saturated heterocycles. The van der Waals surface area contributed by atoms with E-state index in [0.717, 1.165) is 4.88 Å². The van der Waals surface area contributed by atoms with E-state index in [1.165, 1.54) is 16.2 Å². The quantitative estimate of drug-likeness (QED) is 0.828. The monoisotopic (exact) mass is 375 g/mol. The predicted molar refractivity (Wildman–Crippen MR) is 100 cm³/mol. The lowest BCUT2D eigenvalue weighted by molar-refractivity contribution is -0.123. The van der Waals surface area contributed by atoms with Crippen molar-refractivity contribution in [2.75, 3.05) is 4.90 Å². The highest BCUT2D eigenvalue weighted by Gasteiger charge is 2.47. The first-order valence-electron chi connectivity index (χ1n) is 7.82. The molecule has 0 spiro atoms. The average Bonchev–Trinajstić information content (AvgIpc) is 3.15. The van der Waals surface area contributed by atoms with Gasteiger partial charge < -0.3 is 5.11 Å². The summed E-state index contributed by atoms with van der Waals surface area (Å²) < 4.78 is 0. The molecule has 0 saturated carbocycles. The molecule has 0 aliphatic carbocycles. The van der Waals surface area contributed by atoms with E-state index in [2.05, 4.69) is 0 Å². The van der Waals surface area contributed by atoms with Crippen molar-refractivity contribution in [1.29, 1.82) is 0 Å². The predicted octanol–water partition coefficient (Wildman–Crippen LogP) is 4.92. The minimum atomic E-state index is -0.713. The summed E-state index contributed by atoms with van der Waals surface area (Å²) in [6, 6.07) is 9.85. The second-order valence-corrected chi connectivity index (χ2v) is 8.33. The van der Waals surface area contributed by atoms with E-state index < -0.39 is 23.1 Å². The Morgan fingerprint density at radius 1 is 1.20 bits per heavy atom. The van der Waals surface area contributed by atoms with Crippen LogP contribution < -0.4 is 4.90 Å². The van der Waals surface area contributed by atoms with Crippen molar-refractivity contribution in [1.82, 2.24) is 0 Å². The Kier molecular flexibility index (Phi) is 4.47. The minimum Gasteiger partial charge on any atom is -0.503 e. The first kappa shape index (κ1) is 17.7. The molecule has 1 aliphatic rings. The van der Waals surface area contributed by atoms with Crippen LogP contribution in [0.4, 0.5) is 5.69 Å². The number of amides is 1. The van der Waals surface area contributed by atoms with Crippen molar-refractivity contribution in [2.45, 2.75) is 26.8 Å². The number of halogens is 1. The van der Waals surface area contributed by atoms with Gasteiger partial charge in [-0.3, -0.25) is 14.5 Å². The lowest BCUT2D eigenvalue weighted by Crippen LogP contribution is -2.32. The summed E-state index contributed by atoms with van der Waals surface area (Å²) in [7, 11) is 0. The summed E-state index contributed by atoms with van der Waals surface area (Å²) in [6.45, 7) is 5.32. The average molecular weight is 376 g/mol. The second-order valence-electron chi connectivity index (χ2n) is 6.91. The molecule has 130 valence electrons. The number of anilines is 1. The summed E-state index contributed by atoms with van der Waals surface area (Å²) in [5.74, 6) is -1.30. The standard InChI is InChI=1S/C19H18ClNO3S/c1-19(2,3)17(23)14-15(13-5-4-10-25-13)21(18(24)16(14)22)12-8-6-11(20)7-9-12/h4-10,15,22H,1-3H3. The number of hydrogen-bond acceptors (Lipinski definition) is 4. The Morgan fingerprint density at radius 2 is 1.84 bits per heavy atom. The molecule has 3 rings (SSSR count). The lowest BCUT2D eigenvalue weighted by atomic mass is 9.83. The number of aliphatic hydroxyl groups excluding tert-OH is 1. The first-order valence-corrected chi connectivity index (χ1v) is 9.08. The van der Waals surface area contributed by atoms with E-state index in [0.29, 0.717) is 10.7 Å². The molecule has 2 aromatic rings. The smallest absolute Gasteiger partial charge is 0.294 e. The maximum atomic E-state index is 12.9. The molecule has 1 N–H and O–H groups in total. The largest absolute Gasteiger partial charge is 0.503 e. The first-order chi connectivity index (χ1) is 11.7. The van der Waals surface area contributed by atoms with Gasteiger partial charge in [0.1, 0.15) is 6.04 Å². The van der Waals surface area contributed by atoms with E-state index >= 15 is 0 Å². The molecular weight excluding hydrogens is 358 g/mol. The van der Waals surface area contributed by atoms with Crippen LogP contribution in [0.1, 0.15) is 31.7 Å². The van der Waals surface area contributed by atoms with Crippen LogP contribution in [0, 0.1) is 5.41 Å². The third kappa shape index (κ3) is 3.10. The summed E-state index contributed by atoms with van der Waals surface area (Å²) >= 11 is 7.38. The number of ketones is 1. The normalized spacial score (nSPS) is 18.2. The van der Waals surface area contributed by atoms with E-state index in [4.69, 9.17) is 11.6 Å². The van der Waals surface area contributed by atoms with Crippen molar-refractivity contribution in [3.05, 3.63) is 63.0 Å². The Hall–Kier alpha value is -2.11. The highest BCUT2D eigenvalue weighted by molar-refractivity contribution is 7.10. The maximum Gasteiger partial charge on any atom is 0.294 e. The van der Waals surface area contributed by atoms with Crippen LogP contribution in [0.15, 0.2) is 53.1 Å². The van der Waals surface area contributed by atoms with E-state index in [1.54, 1.807) is 45.0 Å². The van der Waals surface area contributed by atoms with Crippen LogP contribution >= 0.6 is 22.9 Å². The molecule has 1 atom stereocenters. The molecule has 6 heteroatoms. The van der Waals surface area contributed by atoms with Crippen LogP contribution in [0.25, 0.3) is 0 Å². The van der Waals surface area contributed by atoms with Crippen LogP contribution in [0.3, 0.4) is 0 Å². The molecule has 1 aliphatic heterocycles. The van der Waals surface area contributed by atoms with Crippen LogP contribution in [0.5, 0.6) is 0 Å². The molecule has 25 heavy (non-hydrogen) atoms. The number of benzene rings is 1. The van der Waals surface area contributed by atoms with Gasteiger partial charge in [-0.15, -0.1) is 11.3 Å². The van der Waals surface area contributed by atoms with Crippen molar-refractivity contribution in [3.8, 4) is 0 Å². The highest BCUT2D eigenvalue weighted by Crippen LogP contribution is 2.44. The summed E-state index contributed by atoms with van der Waals surface area (Å²) in [5, 5.41) is 12.9. The maximum absolute atomic E-state index is 12.9. The van der Waals surface area contributed by atoms with Crippen LogP contribution in [-0.2, 0) is 9.59 Å². The molecule has 4 nitrogen and oxygen atoms in total. The van der Waals surface area contributed by atoms with Crippen molar-refractivity contribution < 1.29 is 14.7 Å². The number of carbonyl (C=O) groups excluding carboxylic acids is 2. The van der Waals surface area contributed by atoms with E-state index in [-0.39, 0.29) is 11.4 Å². The topological polar surface area (TPSA) is 57.6 Å². The Bertz CT molecular complexity index is 848. The van der Waals surface area contributed by atoms with Crippen molar-refractivity contribution >= 4 is 40.3 Å². The number of rotatable bonds is 3. The molecular formula is C19H18ClNO3S. The molecule has 2 heterocycles. The number of nitrogens with zero attached hydrogens (tertiary/aromatic N) is 1. The zero-order valence-corrected chi connectivity index (χ0v) is 15.7.